The zero-order chi connectivity index (χ0) is 15.6. The number of carboxylic acid groups (broad SMARTS) is 1. The number of carboxylic acids is 1. The molecule has 0 aliphatic carbocycles. The molecule has 1 aliphatic heterocycles. The van der Waals surface area contributed by atoms with E-state index < -0.39 is 16.0 Å². The van der Waals surface area contributed by atoms with E-state index in [4.69, 9.17) is 5.11 Å². The summed E-state index contributed by atoms with van der Waals surface area (Å²) in [6.45, 7) is 0.0601. The standard InChI is InChI=1S/C13H16N2O5S/c1-15-11-5-4-10(7-9(11)8-12(15)16)21(19,20)14-6-2-3-13(17)18/h4-5,7,14H,2-3,6,8H2,1H3,(H,17,18). The van der Waals surface area contributed by atoms with E-state index in [1.807, 2.05) is 0 Å². The van der Waals surface area contributed by atoms with Crippen molar-refractivity contribution in [3.63, 3.8) is 0 Å². The van der Waals surface area contributed by atoms with Gasteiger partial charge in [0.05, 0.1) is 11.3 Å². The Morgan fingerprint density at radius 2 is 2.14 bits per heavy atom. The minimum Gasteiger partial charge on any atom is -0.481 e. The SMILES string of the molecule is CN1C(=O)Cc2cc(S(=O)(=O)NCCCC(=O)O)ccc21. The van der Waals surface area contributed by atoms with Crippen molar-refractivity contribution in [1.82, 2.24) is 4.72 Å². The van der Waals surface area contributed by atoms with Crippen LogP contribution in [0.2, 0.25) is 0 Å². The lowest BCUT2D eigenvalue weighted by molar-refractivity contribution is -0.137. The lowest BCUT2D eigenvalue weighted by Crippen LogP contribution is -2.25. The third-order valence-corrected chi connectivity index (χ3v) is 4.76. The first kappa shape index (κ1) is 15.5. The number of amides is 1. The van der Waals surface area contributed by atoms with Gasteiger partial charge in [0.2, 0.25) is 15.9 Å². The number of benzene rings is 1. The molecule has 1 aromatic carbocycles. The van der Waals surface area contributed by atoms with E-state index in [2.05, 4.69) is 4.72 Å². The first-order chi connectivity index (χ1) is 9.81. The average molecular weight is 312 g/mol. The van der Waals surface area contributed by atoms with Gasteiger partial charge in [-0.1, -0.05) is 0 Å². The van der Waals surface area contributed by atoms with Gasteiger partial charge in [0.15, 0.2) is 0 Å². The fraction of sp³-hybridized carbons (Fsp3) is 0.385. The number of hydrogen-bond donors (Lipinski definition) is 2. The summed E-state index contributed by atoms with van der Waals surface area (Å²) in [5.41, 5.74) is 1.39. The monoisotopic (exact) mass is 312 g/mol. The minimum atomic E-state index is -3.69. The van der Waals surface area contributed by atoms with Crippen molar-refractivity contribution in [1.29, 1.82) is 0 Å². The topological polar surface area (TPSA) is 104 Å². The first-order valence-corrected chi connectivity index (χ1v) is 7.90. The molecule has 2 rings (SSSR count). The Hall–Kier alpha value is -1.93. The molecule has 0 saturated carbocycles. The van der Waals surface area contributed by atoms with Crippen LogP contribution >= 0.6 is 0 Å². The van der Waals surface area contributed by atoms with Crippen molar-refractivity contribution in [2.45, 2.75) is 24.2 Å². The molecule has 1 amide bonds. The molecule has 1 aromatic rings. The van der Waals surface area contributed by atoms with Gasteiger partial charge in [-0.25, -0.2) is 13.1 Å². The van der Waals surface area contributed by atoms with Crippen LogP contribution < -0.4 is 9.62 Å². The molecule has 8 heteroatoms. The summed E-state index contributed by atoms with van der Waals surface area (Å²) >= 11 is 0. The van der Waals surface area contributed by atoms with Gasteiger partial charge in [-0.15, -0.1) is 0 Å². The number of fused-ring (bicyclic) bond motifs is 1. The fourth-order valence-corrected chi connectivity index (χ4v) is 3.27. The van der Waals surface area contributed by atoms with Crippen molar-refractivity contribution >= 4 is 27.6 Å². The third-order valence-electron chi connectivity index (χ3n) is 3.30. The summed E-state index contributed by atoms with van der Waals surface area (Å²) in [4.78, 5) is 23.5. The van der Waals surface area contributed by atoms with Gasteiger partial charge in [0.25, 0.3) is 0 Å². The number of nitrogens with one attached hydrogen (secondary N) is 1. The Morgan fingerprint density at radius 1 is 1.43 bits per heavy atom. The van der Waals surface area contributed by atoms with Crippen LogP contribution in [0.3, 0.4) is 0 Å². The van der Waals surface area contributed by atoms with Crippen molar-refractivity contribution in [3.8, 4) is 0 Å². The van der Waals surface area contributed by atoms with Gasteiger partial charge in [0.1, 0.15) is 0 Å². The summed E-state index contributed by atoms with van der Waals surface area (Å²) < 4.78 is 26.5. The van der Waals surface area contributed by atoms with E-state index in [0.717, 1.165) is 0 Å². The van der Waals surface area contributed by atoms with E-state index in [1.165, 1.54) is 17.0 Å². The van der Waals surface area contributed by atoms with Gasteiger partial charge < -0.3 is 10.0 Å². The van der Waals surface area contributed by atoms with Gasteiger partial charge in [-0.2, -0.15) is 0 Å². The number of anilines is 1. The molecule has 1 heterocycles. The predicted molar refractivity (Wildman–Crippen MR) is 75.6 cm³/mol. The van der Waals surface area contributed by atoms with Crippen LogP contribution in [-0.2, 0) is 26.0 Å². The lowest BCUT2D eigenvalue weighted by atomic mass is 10.2. The number of aliphatic carboxylic acids is 1. The van der Waals surface area contributed by atoms with E-state index in [0.29, 0.717) is 11.3 Å². The predicted octanol–water partition coefficient (Wildman–Crippen LogP) is 0.349. The van der Waals surface area contributed by atoms with E-state index in [9.17, 15) is 18.0 Å². The van der Waals surface area contributed by atoms with Crippen LogP contribution in [-0.4, -0.2) is 39.0 Å². The van der Waals surface area contributed by atoms with Crippen molar-refractivity contribution < 1.29 is 23.1 Å². The molecule has 0 saturated heterocycles. The molecule has 0 radical (unpaired) electrons. The summed E-state index contributed by atoms with van der Waals surface area (Å²) in [6.07, 6.45) is 0.320. The fourth-order valence-electron chi connectivity index (χ4n) is 2.14. The van der Waals surface area contributed by atoms with Crippen LogP contribution in [0, 0.1) is 0 Å². The van der Waals surface area contributed by atoms with Gasteiger partial charge in [-0.05, 0) is 30.2 Å². The molecule has 0 fully saturated rings. The Kier molecular flexibility index (Phi) is 4.29. The van der Waals surface area contributed by atoms with Gasteiger partial charge in [-0.3, -0.25) is 9.59 Å². The molecule has 0 aromatic heterocycles. The number of rotatable bonds is 6. The summed E-state index contributed by atoms with van der Waals surface area (Å²) in [5, 5.41) is 8.50. The Balaban J connectivity index is 2.10. The van der Waals surface area contributed by atoms with Crippen LogP contribution in [0.25, 0.3) is 0 Å². The normalized spacial score (nSPS) is 14.3. The average Bonchev–Trinajstić information content (AvgIpc) is 2.70. The van der Waals surface area contributed by atoms with E-state index in [-0.39, 0.29) is 36.6 Å². The van der Waals surface area contributed by atoms with Crippen molar-refractivity contribution in [3.05, 3.63) is 23.8 Å². The smallest absolute Gasteiger partial charge is 0.303 e. The summed E-state index contributed by atoms with van der Waals surface area (Å²) in [5.74, 6) is -1.04. The molecule has 2 N–H and O–H groups in total. The zero-order valence-corrected chi connectivity index (χ0v) is 12.3. The lowest BCUT2D eigenvalue weighted by Gasteiger charge is -2.11. The number of sulfonamides is 1. The minimum absolute atomic E-state index is 0.0601. The van der Waals surface area contributed by atoms with Gasteiger partial charge in [0, 0.05) is 25.7 Å². The number of carbonyl (C=O) groups excluding carboxylic acids is 1. The second-order valence-corrected chi connectivity index (χ2v) is 6.58. The Labute approximate surface area is 122 Å². The Morgan fingerprint density at radius 3 is 2.81 bits per heavy atom. The van der Waals surface area contributed by atoms with Crippen LogP contribution in [0.4, 0.5) is 5.69 Å². The summed E-state index contributed by atoms with van der Waals surface area (Å²) in [7, 11) is -2.04. The number of carbonyl (C=O) groups is 2. The molecule has 0 spiro atoms. The summed E-state index contributed by atoms with van der Waals surface area (Å²) in [6, 6.07) is 4.52. The molecular formula is C13H16N2O5S. The quantitative estimate of drug-likeness (QED) is 0.738. The van der Waals surface area contributed by atoms with Crippen LogP contribution in [0.1, 0.15) is 18.4 Å². The molecule has 0 unspecified atom stereocenters. The largest absolute Gasteiger partial charge is 0.481 e. The number of likely N-dealkylation sites (N-methyl/N-ethyl adjacent to an activating group) is 1. The zero-order valence-electron chi connectivity index (χ0n) is 11.5. The van der Waals surface area contributed by atoms with E-state index in [1.54, 1.807) is 13.1 Å². The van der Waals surface area contributed by atoms with E-state index >= 15 is 0 Å². The first-order valence-electron chi connectivity index (χ1n) is 6.42. The second kappa shape index (κ2) is 5.82. The molecule has 114 valence electrons. The van der Waals surface area contributed by atoms with Crippen LogP contribution in [0.5, 0.6) is 0 Å². The van der Waals surface area contributed by atoms with Crippen molar-refractivity contribution in [2.24, 2.45) is 0 Å². The highest BCUT2D eigenvalue weighted by Crippen LogP contribution is 2.29. The van der Waals surface area contributed by atoms with Crippen LogP contribution in [0.15, 0.2) is 23.1 Å². The molecule has 21 heavy (non-hydrogen) atoms. The highest BCUT2D eigenvalue weighted by molar-refractivity contribution is 7.89. The van der Waals surface area contributed by atoms with Gasteiger partial charge >= 0.3 is 5.97 Å². The maximum Gasteiger partial charge on any atom is 0.303 e. The molecule has 1 aliphatic rings. The maximum absolute atomic E-state index is 12.1. The number of nitrogens with zero attached hydrogens (tertiary/aromatic N) is 1. The molecule has 0 atom stereocenters. The van der Waals surface area contributed by atoms with Crippen molar-refractivity contribution in [2.75, 3.05) is 18.5 Å². The highest BCUT2D eigenvalue weighted by atomic mass is 32.2. The maximum atomic E-state index is 12.1. The number of hydrogen-bond acceptors (Lipinski definition) is 4. The molecule has 7 nitrogen and oxygen atoms in total. The molecular weight excluding hydrogens is 296 g/mol. The second-order valence-electron chi connectivity index (χ2n) is 4.82. The Bertz CT molecular complexity index is 684. The third kappa shape index (κ3) is 3.40. The highest BCUT2D eigenvalue weighted by Gasteiger charge is 2.26. The molecule has 0 bridgehead atoms.